The Kier molecular flexibility index (Phi) is 7.46. The summed E-state index contributed by atoms with van der Waals surface area (Å²) in [5.74, 6) is -0.713. The second kappa shape index (κ2) is 10.5. The third-order valence-electron chi connectivity index (χ3n) is 5.87. The van der Waals surface area contributed by atoms with Gasteiger partial charge in [-0.1, -0.05) is 24.3 Å². The third-order valence-corrected chi connectivity index (χ3v) is 5.87. The Labute approximate surface area is 199 Å². The highest BCUT2D eigenvalue weighted by Crippen LogP contribution is 2.41. The minimum absolute atomic E-state index is 0.0497. The van der Waals surface area contributed by atoms with Crippen molar-refractivity contribution in [1.82, 2.24) is 10.2 Å². The van der Waals surface area contributed by atoms with Gasteiger partial charge in [0.15, 0.2) is 6.79 Å². The Morgan fingerprint density at radius 2 is 1.86 bits per heavy atom. The monoisotopic (exact) mass is 494 g/mol. The van der Waals surface area contributed by atoms with E-state index in [1.807, 2.05) is 0 Å². The number of nitrogens with zero attached hydrogens (tertiary/aromatic N) is 1. The van der Waals surface area contributed by atoms with E-state index in [-0.39, 0.29) is 31.0 Å². The molecule has 0 aliphatic carbocycles. The molecule has 0 saturated carbocycles. The van der Waals surface area contributed by atoms with Crippen molar-refractivity contribution >= 4 is 11.8 Å². The molecule has 2 heterocycles. The molecule has 0 radical (unpaired) electrons. The molecule has 0 spiro atoms. The van der Waals surface area contributed by atoms with E-state index in [0.717, 1.165) is 0 Å². The molecule has 0 bridgehead atoms. The number of amides is 2. The van der Waals surface area contributed by atoms with E-state index >= 15 is 0 Å². The topological polar surface area (TPSA) is 86.3 Å². The Hall–Kier alpha value is -3.31. The smallest absolute Gasteiger partial charge is 0.467 e. The van der Waals surface area contributed by atoms with Crippen LogP contribution in [0.25, 0.3) is 0 Å². The molecule has 11 heteroatoms. The molecule has 2 aliphatic heterocycles. The first-order valence-electron chi connectivity index (χ1n) is 11.1. The molecule has 1 N–H and O–H groups in total. The summed E-state index contributed by atoms with van der Waals surface area (Å²) in [6.45, 7) is 0.982. The van der Waals surface area contributed by atoms with E-state index in [1.165, 1.54) is 31.4 Å². The Bertz CT molecular complexity index is 1050. The van der Waals surface area contributed by atoms with Crippen LogP contribution in [-0.2, 0) is 20.8 Å². The lowest BCUT2D eigenvalue weighted by atomic mass is 10.0. The van der Waals surface area contributed by atoms with Crippen LogP contribution >= 0.6 is 0 Å². The van der Waals surface area contributed by atoms with Gasteiger partial charge in [0.25, 0.3) is 5.91 Å². The zero-order chi connectivity index (χ0) is 25.0. The second-order valence-electron chi connectivity index (χ2n) is 8.14. The molecule has 0 aromatic heterocycles. The first-order valence-corrected chi connectivity index (χ1v) is 11.1. The average Bonchev–Trinajstić information content (AvgIpc) is 3.14. The van der Waals surface area contributed by atoms with E-state index < -0.39 is 18.3 Å². The van der Waals surface area contributed by atoms with Crippen molar-refractivity contribution in [3.05, 3.63) is 59.2 Å². The van der Waals surface area contributed by atoms with Gasteiger partial charge in [-0.05, 0) is 36.6 Å². The summed E-state index contributed by atoms with van der Waals surface area (Å²) in [6, 6.07) is 9.25. The maximum Gasteiger partial charge on any atom is 0.573 e. The molecule has 2 aromatic carbocycles. The van der Waals surface area contributed by atoms with Crippen LogP contribution in [0.15, 0.2) is 42.5 Å². The Balaban J connectivity index is 1.55. The maximum atomic E-state index is 13.5. The maximum absolute atomic E-state index is 13.5. The number of carbonyl (C=O) groups is 2. The molecule has 188 valence electrons. The fourth-order valence-electron chi connectivity index (χ4n) is 4.35. The highest BCUT2D eigenvalue weighted by Gasteiger charge is 2.46. The van der Waals surface area contributed by atoms with Crippen LogP contribution < -0.4 is 14.8 Å². The van der Waals surface area contributed by atoms with Crippen molar-refractivity contribution in [3.63, 3.8) is 0 Å². The lowest BCUT2D eigenvalue weighted by molar-refractivity contribution is -0.274. The zero-order valence-corrected chi connectivity index (χ0v) is 19.0. The molecular weight excluding hydrogens is 469 g/mol. The molecule has 1 unspecified atom stereocenters. The molecule has 1 saturated heterocycles. The van der Waals surface area contributed by atoms with Crippen molar-refractivity contribution in [2.24, 2.45) is 0 Å². The number of methoxy groups -OCH3 is 1. The molecule has 1 fully saturated rings. The number of benzene rings is 2. The van der Waals surface area contributed by atoms with Gasteiger partial charge in [0, 0.05) is 38.5 Å². The van der Waals surface area contributed by atoms with Crippen LogP contribution in [-0.4, -0.2) is 56.2 Å². The number of nitrogens with one attached hydrogen (secondary N) is 1. The van der Waals surface area contributed by atoms with Crippen LogP contribution in [0.1, 0.15) is 40.4 Å². The quantitative estimate of drug-likeness (QED) is 0.565. The van der Waals surface area contributed by atoms with Crippen LogP contribution in [0.5, 0.6) is 11.5 Å². The van der Waals surface area contributed by atoms with E-state index in [9.17, 15) is 22.8 Å². The number of halogens is 3. The minimum Gasteiger partial charge on any atom is -0.467 e. The SMILES string of the molecule is COCOc1cccc2c1C(=O)N(C1CCOCC1)C2C(=O)NCc1ccc(OC(F)(F)F)cc1. The third kappa shape index (κ3) is 5.68. The predicted octanol–water partition coefficient (Wildman–Crippen LogP) is 3.56. The number of alkyl halides is 3. The van der Waals surface area contributed by atoms with Gasteiger partial charge in [-0.2, -0.15) is 0 Å². The van der Waals surface area contributed by atoms with E-state index in [0.29, 0.717) is 48.5 Å². The minimum atomic E-state index is -4.78. The van der Waals surface area contributed by atoms with Gasteiger partial charge in [-0.15, -0.1) is 13.2 Å². The van der Waals surface area contributed by atoms with Gasteiger partial charge in [-0.3, -0.25) is 9.59 Å². The normalized spacial score (nSPS) is 18.3. The molecule has 2 aromatic rings. The summed E-state index contributed by atoms with van der Waals surface area (Å²) in [5.41, 5.74) is 1.43. The lowest BCUT2D eigenvalue weighted by Gasteiger charge is -2.35. The second-order valence-corrected chi connectivity index (χ2v) is 8.14. The number of carbonyl (C=O) groups excluding carboxylic acids is 2. The van der Waals surface area contributed by atoms with Gasteiger partial charge < -0.3 is 29.2 Å². The van der Waals surface area contributed by atoms with Gasteiger partial charge >= 0.3 is 6.36 Å². The number of hydrogen-bond donors (Lipinski definition) is 1. The van der Waals surface area contributed by atoms with Gasteiger partial charge in [0.05, 0.1) is 5.56 Å². The van der Waals surface area contributed by atoms with E-state index in [2.05, 4.69) is 10.1 Å². The molecular formula is C24H25F3N2O6. The first-order chi connectivity index (χ1) is 16.8. The van der Waals surface area contributed by atoms with Crippen molar-refractivity contribution in [1.29, 1.82) is 0 Å². The van der Waals surface area contributed by atoms with Crippen LogP contribution in [0.3, 0.4) is 0 Å². The molecule has 2 aliphatic rings. The molecule has 8 nitrogen and oxygen atoms in total. The Morgan fingerprint density at radius 3 is 2.51 bits per heavy atom. The van der Waals surface area contributed by atoms with Gasteiger partial charge in [-0.25, -0.2) is 0 Å². The predicted molar refractivity (Wildman–Crippen MR) is 117 cm³/mol. The molecule has 2 amide bonds. The number of fused-ring (bicyclic) bond motifs is 1. The van der Waals surface area contributed by atoms with Gasteiger partial charge in [0.1, 0.15) is 17.5 Å². The largest absolute Gasteiger partial charge is 0.573 e. The fourth-order valence-corrected chi connectivity index (χ4v) is 4.35. The molecule has 35 heavy (non-hydrogen) atoms. The van der Waals surface area contributed by atoms with Gasteiger partial charge in [0.2, 0.25) is 5.91 Å². The molecule has 4 rings (SSSR count). The summed E-state index contributed by atoms with van der Waals surface area (Å²) in [5, 5.41) is 2.81. The zero-order valence-electron chi connectivity index (χ0n) is 19.0. The molecule has 1 atom stereocenters. The van der Waals surface area contributed by atoms with Crippen LogP contribution in [0.2, 0.25) is 0 Å². The van der Waals surface area contributed by atoms with Crippen molar-refractivity contribution in [2.75, 3.05) is 27.1 Å². The van der Waals surface area contributed by atoms with E-state index in [4.69, 9.17) is 14.2 Å². The standard InChI is InChI=1S/C24H25F3N2O6/c1-32-14-34-19-4-2-3-18-20(19)23(31)29(16-9-11-33-12-10-16)21(18)22(30)28-13-15-5-7-17(8-6-15)35-24(25,26)27/h2-8,16,21H,9-14H2,1H3,(H,28,30). The summed E-state index contributed by atoms with van der Waals surface area (Å²) in [6.07, 6.45) is -3.59. The summed E-state index contributed by atoms with van der Waals surface area (Å²) in [7, 11) is 1.47. The van der Waals surface area contributed by atoms with Crippen molar-refractivity contribution in [3.8, 4) is 11.5 Å². The average molecular weight is 494 g/mol. The Morgan fingerprint density at radius 1 is 1.14 bits per heavy atom. The number of ether oxygens (including phenoxy) is 4. The van der Waals surface area contributed by atoms with Crippen LogP contribution in [0, 0.1) is 0 Å². The highest BCUT2D eigenvalue weighted by atomic mass is 19.4. The van der Waals surface area contributed by atoms with Crippen LogP contribution in [0.4, 0.5) is 13.2 Å². The summed E-state index contributed by atoms with van der Waals surface area (Å²) < 4.78 is 57.0. The van der Waals surface area contributed by atoms with Crippen molar-refractivity contribution in [2.45, 2.75) is 37.8 Å². The fraction of sp³-hybridized carbons (Fsp3) is 0.417. The first kappa shape index (κ1) is 24.8. The lowest BCUT2D eigenvalue weighted by Crippen LogP contribution is -2.46. The number of rotatable bonds is 8. The summed E-state index contributed by atoms with van der Waals surface area (Å²) >= 11 is 0. The number of hydrogen-bond acceptors (Lipinski definition) is 6. The van der Waals surface area contributed by atoms with Crippen molar-refractivity contribution < 1.29 is 41.7 Å². The van der Waals surface area contributed by atoms with E-state index in [1.54, 1.807) is 23.1 Å². The summed E-state index contributed by atoms with van der Waals surface area (Å²) in [4.78, 5) is 28.5. The highest BCUT2D eigenvalue weighted by molar-refractivity contribution is 6.06.